The van der Waals surface area contributed by atoms with Crippen LogP contribution in [0.25, 0.3) is 0 Å². The molecule has 1 aliphatic heterocycles. The summed E-state index contributed by atoms with van der Waals surface area (Å²) in [7, 11) is 1.49. The average molecular weight is 437 g/mol. The van der Waals surface area contributed by atoms with Crippen LogP contribution in [0.2, 0.25) is 5.02 Å². The number of carbonyl (C=O) groups is 2. The summed E-state index contributed by atoms with van der Waals surface area (Å²) in [6.07, 6.45) is -0.854. The first-order valence-electron chi connectivity index (χ1n) is 9.79. The second kappa shape index (κ2) is 9.10. The molecule has 0 aromatic heterocycles. The molecule has 0 bridgehead atoms. The summed E-state index contributed by atoms with van der Waals surface area (Å²) in [5.41, 5.74) is 1.88. The fourth-order valence-corrected chi connectivity index (χ4v) is 3.63. The minimum Gasteiger partial charge on any atom is -0.496 e. The Bertz CT molecular complexity index is 1100. The third-order valence-electron chi connectivity index (χ3n) is 5.01. The van der Waals surface area contributed by atoms with Gasteiger partial charge in [0.1, 0.15) is 11.5 Å². The van der Waals surface area contributed by atoms with E-state index in [1.807, 2.05) is 36.4 Å². The Labute approximate surface area is 185 Å². The second-order valence-corrected chi connectivity index (χ2v) is 7.47. The molecule has 31 heavy (non-hydrogen) atoms. The van der Waals surface area contributed by atoms with Gasteiger partial charge in [-0.25, -0.2) is 0 Å². The van der Waals surface area contributed by atoms with E-state index >= 15 is 0 Å². The first-order chi connectivity index (χ1) is 15.1. The zero-order valence-corrected chi connectivity index (χ0v) is 17.6. The van der Waals surface area contributed by atoms with Gasteiger partial charge >= 0.3 is 0 Å². The van der Waals surface area contributed by atoms with Crippen LogP contribution in [0.15, 0.2) is 72.8 Å². The van der Waals surface area contributed by atoms with Crippen molar-refractivity contribution in [1.29, 1.82) is 0 Å². The highest BCUT2D eigenvalue weighted by Gasteiger charge is 2.35. The molecule has 1 aliphatic rings. The molecule has 3 aromatic carbocycles. The van der Waals surface area contributed by atoms with E-state index in [0.717, 1.165) is 5.56 Å². The van der Waals surface area contributed by atoms with Gasteiger partial charge in [-0.1, -0.05) is 54.1 Å². The van der Waals surface area contributed by atoms with Crippen LogP contribution in [0.5, 0.6) is 11.5 Å². The molecule has 1 N–H and O–H groups in total. The van der Waals surface area contributed by atoms with Crippen molar-refractivity contribution in [2.75, 3.05) is 18.6 Å². The smallest absolute Gasteiger partial charge is 0.263 e. The Hall–Kier alpha value is -3.51. The lowest BCUT2D eigenvalue weighted by Crippen LogP contribution is -2.50. The summed E-state index contributed by atoms with van der Waals surface area (Å²) in [5, 5.41) is 3.30. The second-order valence-electron chi connectivity index (χ2n) is 7.04. The van der Waals surface area contributed by atoms with E-state index in [-0.39, 0.29) is 18.4 Å². The van der Waals surface area contributed by atoms with E-state index in [2.05, 4.69) is 5.32 Å². The van der Waals surface area contributed by atoms with Crippen molar-refractivity contribution in [1.82, 2.24) is 5.32 Å². The molecule has 2 amide bonds. The van der Waals surface area contributed by atoms with Crippen molar-refractivity contribution in [3.05, 3.63) is 88.9 Å². The predicted molar refractivity (Wildman–Crippen MR) is 119 cm³/mol. The molecule has 158 valence electrons. The number of para-hydroxylation sites is 2. The van der Waals surface area contributed by atoms with Crippen LogP contribution in [0, 0.1) is 0 Å². The van der Waals surface area contributed by atoms with Crippen LogP contribution in [0.3, 0.4) is 0 Å². The van der Waals surface area contributed by atoms with Gasteiger partial charge in [0.2, 0.25) is 0 Å². The summed E-state index contributed by atoms with van der Waals surface area (Å²) in [4.78, 5) is 27.8. The van der Waals surface area contributed by atoms with Gasteiger partial charge in [0.15, 0.2) is 6.10 Å². The Morgan fingerprint density at radius 1 is 1.10 bits per heavy atom. The Morgan fingerprint density at radius 3 is 2.61 bits per heavy atom. The van der Waals surface area contributed by atoms with Gasteiger partial charge < -0.3 is 19.7 Å². The van der Waals surface area contributed by atoms with Crippen LogP contribution >= 0.6 is 11.6 Å². The largest absolute Gasteiger partial charge is 0.496 e. The number of rotatable bonds is 5. The summed E-state index contributed by atoms with van der Waals surface area (Å²) in [6.45, 7) is 0.434. The zero-order valence-electron chi connectivity index (χ0n) is 16.9. The maximum Gasteiger partial charge on any atom is 0.263 e. The van der Waals surface area contributed by atoms with E-state index in [1.54, 1.807) is 36.4 Å². The Kier molecular flexibility index (Phi) is 6.09. The maximum atomic E-state index is 13.4. The van der Waals surface area contributed by atoms with Gasteiger partial charge in [0.05, 0.1) is 24.9 Å². The van der Waals surface area contributed by atoms with Crippen molar-refractivity contribution >= 4 is 29.1 Å². The van der Waals surface area contributed by atoms with Crippen molar-refractivity contribution in [2.24, 2.45) is 0 Å². The number of hydrogen-bond donors (Lipinski definition) is 1. The monoisotopic (exact) mass is 436 g/mol. The van der Waals surface area contributed by atoms with Gasteiger partial charge in [-0.15, -0.1) is 0 Å². The van der Waals surface area contributed by atoms with E-state index in [9.17, 15) is 9.59 Å². The maximum absolute atomic E-state index is 13.4. The first-order valence-corrected chi connectivity index (χ1v) is 10.2. The fraction of sp³-hybridized carbons (Fsp3) is 0.167. The highest BCUT2D eigenvalue weighted by Crippen LogP contribution is 2.35. The number of benzene rings is 3. The summed E-state index contributed by atoms with van der Waals surface area (Å²) >= 11 is 6.12. The van der Waals surface area contributed by atoms with Crippen molar-refractivity contribution in [2.45, 2.75) is 12.6 Å². The minimum absolute atomic E-state index is 0.0616. The third-order valence-corrected chi connectivity index (χ3v) is 5.25. The molecule has 0 saturated carbocycles. The van der Waals surface area contributed by atoms with Crippen LogP contribution < -0.4 is 19.7 Å². The van der Waals surface area contributed by atoms with Crippen LogP contribution in [0.4, 0.5) is 5.69 Å². The molecule has 1 atom stereocenters. The normalized spacial score (nSPS) is 14.9. The molecule has 0 spiro atoms. The van der Waals surface area contributed by atoms with Crippen LogP contribution in [-0.4, -0.2) is 31.6 Å². The molecule has 0 saturated heterocycles. The van der Waals surface area contributed by atoms with Crippen LogP contribution in [-0.2, 0) is 11.3 Å². The number of methoxy groups -OCH3 is 1. The number of amides is 2. The van der Waals surface area contributed by atoms with E-state index < -0.39 is 6.10 Å². The molecule has 1 heterocycles. The van der Waals surface area contributed by atoms with E-state index in [4.69, 9.17) is 21.1 Å². The average Bonchev–Trinajstić information content (AvgIpc) is 2.82. The lowest BCUT2D eigenvalue weighted by Gasteiger charge is -2.34. The number of ether oxygens (including phenoxy) is 2. The number of halogens is 1. The number of carbonyl (C=O) groups excluding carboxylic acids is 2. The molecule has 1 unspecified atom stereocenters. The highest BCUT2D eigenvalue weighted by molar-refractivity contribution is 6.31. The lowest BCUT2D eigenvalue weighted by molar-refractivity contribution is -0.127. The first kappa shape index (κ1) is 20.8. The number of nitrogens with one attached hydrogen (secondary N) is 1. The number of hydrogen-bond acceptors (Lipinski definition) is 4. The zero-order chi connectivity index (χ0) is 21.8. The molecule has 6 nitrogen and oxygen atoms in total. The van der Waals surface area contributed by atoms with Gasteiger partial charge in [0.25, 0.3) is 11.8 Å². The van der Waals surface area contributed by atoms with Gasteiger partial charge in [-0.2, -0.15) is 0 Å². The Morgan fingerprint density at radius 2 is 1.84 bits per heavy atom. The topological polar surface area (TPSA) is 67.9 Å². The summed E-state index contributed by atoms with van der Waals surface area (Å²) < 4.78 is 11.3. The third kappa shape index (κ3) is 4.49. The van der Waals surface area contributed by atoms with Crippen molar-refractivity contribution in [3.8, 4) is 11.5 Å². The predicted octanol–water partition coefficient (Wildman–Crippen LogP) is 4.07. The molecule has 0 aliphatic carbocycles. The molecular formula is C24H21ClN2O4. The number of anilines is 1. The van der Waals surface area contributed by atoms with E-state index in [1.165, 1.54) is 12.0 Å². The lowest BCUT2D eigenvalue weighted by atomic mass is 10.1. The molecule has 0 radical (unpaired) electrons. The molecule has 4 rings (SSSR count). The summed E-state index contributed by atoms with van der Waals surface area (Å²) in [6, 6.07) is 21.6. The standard InChI is InChI=1S/C24H21ClN2O4/c1-30-20-12-11-17(25)13-18(20)24(29)27-15-22(31-21-10-6-5-9-19(21)27)23(28)26-14-16-7-3-2-4-8-16/h2-13,22H,14-15H2,1H3,(H,26,28). The van der Waals surface area contributed by atoms with E-state index in [0.29, 0.717) is 34.3 Å². The van der Waals surface area contributed by atoms with Gasteiger partial charge in [-0.3, -0.25) is 9.59 Å². The molecule has 3 aromatic rings. The quantitative estimate of drug-likeness (QED) is 0.654. The van der Waals surface area contributed by atoms with Gasteiger partial charge in [0, 0.05) is 11.6 Å². The van der Waals surface area contributed by atoms with Gasteiger partial charge in [-0.05, 0) is 35.9 Å². The molecule has 0 fully saturated rings. The summed E-state index contributed by atoms with van der Waals surface area (Å²) in [5.74, 6) is 0.247. The Balaban J connectivity index is 1.59. The molecule has 7 heteroatoms. The van der Waals surface area contributed by atoms with Crippen molar-refractivity contribution in [3.63, 3.8) is 0 Å². The minimum atomic E-state index is -0.854. The SMILES string of the molecule is COc1ccc(Cl)cc1C(=O)N1CC(C(=O)NCc2ccccc2)Oc2ccccc21. The van der Waals surface area contributed by atoms with Crippen LogP contribution in [0.1, 0.15) is 15.9 Å². The fourth-order valence-electron chi connectivity index (χ4n) is 3.45. The number of fused-ring (bicyclic) bond motifs is 1. The molecular weight excluding hydrogens is 416 g/mol. The number of nitrogens with zero attached hydrogens (tertiary/aromatic N) is 1. The highest BCUT2D eigenvalue weighted by atomic mass is 35.5. The van der Waals surface area contributed by atoms with Crippen molar-refractivity contribution < 1.29 is 19.1 Å².